The van der Waals surface area contributed by atoms with Crippen molar-refractivity contribution in [1.82, 2.24) is 5.32 Å². The van der Waals surface area contributed by atoms with E-state index in [9.17, 15) is 9.90 Å². The fourth-order valence-corrected chi connectivity index (χ4v) is 1.58. The lowest BCUT2D eigenvalue weighted by atomic mass is 10.3. The first-order valence-electron chi connectivity index (χ1n) is 5.90. The van der Waals surface area contributed by atoms with E-state index in [1.54, 1.807) is 31.2 Å². The van der Waals surface area contributed by atoms with Crippen molar-refractivity contribution >= 4 is 17.5 Å². The number of carbonyl (C=O) groups excluding carboxylic acids is 1. The highest BCUT2D eigenvalue weighted by Gasteiger charge is 2.16. The Morgan fingerprint density at radius 2 is 2.16 bits per heavy atom. The molecule has 0 aliphatic rings. The smallest absolute Gasteiger partial charge is 0.260 e. The van der Waals surface area contributed by atoms with Crippen molar-refractivity contribution in [1.29, 1.82) is 0 Å². The third-order valence-corrected chi connectivity index (χ3v) is 2.69. The molecule has 0 heterocycles. The minimum absolute atomic E-state index is 0.114. The zero-order valence-electron chi connectivity index (χ0n) is 10.9. The highest BCUT2D eigenvalue weighted by atomic mass is 35.5. The number of aliphatic hydroxyl groups is 1. The molecule has 5 nitrogen and oxygen atoms in total. The number of hydrogen-bond acceptors (Lipinski definition) is 4. The van der Waals surface area contributed by atoms with Crippen LogP contribution in [0.25, 0.3) is 0 Å². The summed E-state index contributed by atoms with van der Waals surface area (Å²) < 4.78 is 10.2. The van der Waals surface area contributed by atoms with Crippen molar-refractivity contribution in [3.63, 3.8) is 0 Å². The summed E-state index contributed by atoms with van der Waals surface area (Å²) in [5.41, 5.74) is 0. The summed E-state index contributed by atoms with van der Waals surface area (Å²) in [6.45, 7) is 1.89. The Morgan fingerprint density at radius 3 is 2.79 bits per heavy atom. The molecule has 1 amide bonds. The topological polar surface area (TPSA) is 67.8 Å². The third-order valence-electron chi connectivity index (χ3n) is 2.38. The van der Waals surface area contributed by atoms with E-state index < -0.39 is 12.2 Å². The van der Waals surface area contributed by atoms with Crippen molar-refractivity contribution in [3.8, 4) is 5.75 Å². The van der Waals surface area contributed by atoms with Crippen LogP contribution >= 0.6 is 11.6 Å². The average molecular weight is 288 g/mol. The SMILES string of the molecule is COCC(O)CNC(=O)C(C)Oc1ccccc1Cl. The van der Waals surface area contributed by atoms with Gasteiger partial charge >= 0.3 is 0 Å². The number of nitrogens with one attached hydrogen (secondary N) is 1. The summed E-state index contributed by atoms with van der Waals surface area (Å²) in [6.07, 6.45) is -1.43. The van der Waals surface area contributed by atoms with Crippen molar-refractivity contribution in [2.75, 3.05) is 20.3 Å². The Labute approximate surface area is 117 Å². The molecule has 0 radical (unpaired) electrons. The molecular formula is C13H18ClNO4. The van der Waals surface area contributed by atoms with Gasteiger partial charge in [-0.05, 0) is 19.1 Å². The average Bonchev–Trinajstić information content (AvgIpc) is 2.39. The van der Waals surface area contributed by atoms with E-state index in [1.165, 1.54) is 7.11 Å². The van der Waals surface area contributed by atoms with E-state index in [4.69, 9.17) is 21.1 Å². The number of para-hydroxylation sites is 1. The third kappa shape index (κ3) is 5.46. The van der Waals surface area contributed by atoms with Gasteiger partial charge < -0.3 is 19.9 Å². The number of methoxy groups -OCH3 is 1. The number of benzene rings is 1. The normalized spacial score (nSPS) is 13.7. The molecule has 0 bridgehead atoms. The van der Waals surface area contributed by atoms with Crippen LogP contribution in [0.3, 0.4) is 0 Å². The molecule has 0 spiro atoms. The van der Waals surface area contributed by atoms with Gasteiger partial charge in [0.1, 0.15) is 5.75 Å². The van der Waals surface area contributed by atoms with E-state index in [1.807, 2.05) is 0 Å². The first-order chi connectivity index (χ1) is 9.04. The Balaban J connectivity index is 2.43. The number of rotatable bonds is 7. The lowest BCUT2D eigenvalue weighted by molar-refractivity contribution is -0.127. The van der Waals surface area contributed by atoms with Crippen LogP contribution in [0.15, 0.2) is 24.3 Å². The fourth-order valence-electron chi connectivity index (χ4n) is 1.40. The van der Waals surface area contributed by atoms with Crippen LogP contribution < -0.4 is 10.1 Å². The van der Waals surface area contributed by atoms with E-state index in [-0.39, 0.29) is 19.1 Å². The van der Waals surface area contributed by atoms with Gasteiger partial charge in [0.05, 0.1) is 17.7 Å². The van der Waals surface area contributed by atoms with Crippen LogP contribution in [0.4, 0.5) is 0 Å². The maximum atomic E-state index is 11.7. The molecule has 1 aromatic rings. The Morgan fingerprint density at radius 1 is 1.47 bits per heavy atom. The van der Waals surface area contributed by atoms with Gasteiger partial charge in [-0.15, -0.1) is 0 Å². The van der Waals surface area contributed by atoms with Crippen molar-refractivity contribution in [2.45, 2.75) is 19.1 Å². The van der Waals surface area contributed by atoms with Crippen molar-refractivity contribution in [3.05, 3.63) is 29.3 Å². The zero-order chi connectivity index (χ0) is 14.3. The second-order valence-electron chi connectivity index (χ2n) is 4.04. The Bertz CT molecular complexity index is 413. The Kier molecular flexibility index (Phi) is 6.62. The van der Waals surface area contributed by atoms with Gasteiger partial charge in [-0.3, -0.25) is 4.79 Å². The van der Waals surface area contributed by atoms with Crippen LogP contribution in [0.1, 0.15) is 6.92 Å². The quantitative estimate of drug-likeness (QED) is 0.791. The van der Waals surface area contributed by atoms with Gasteiger partial charge in [0.15, 0.2) is 6.10 Å². The number of ether oxygens (including phenoxy) is 2. The number of aliphatic hydroxyl groups excluding tert-OH is 1. The van der Waals surface area contributed by atoms with Gasteiger partial charge in [0.2, 0.25) is 0 Å². The molecule has 0 saturated heterocycles. The summed E-state index contributed by atoms with van der Waals surface area (Å²) in [6, 6.07) is 6.92. The van der Waals surface area contributed by atoms with Gasteiger partial charge in [-0.25, -0.2) is 0 Å². The Hall–Kier alpha value is -1.30. The molecule has 2 atom stereocenters. The van der Waals surface area contributed by atoms with E-state index in [2.05, 4.69) is 5.32 Å². The summed E-state index contributed by atoms with van der Waals surface area (Å²) in [7, 11) is 1.48. The van der Waals surface area contributed by atoms with Gasteiger partial charge in [-0.1, -0.05) is 23.7 Å². The fraction of sp³-hybridized carbons (Fsp3) is 0.462. The first-order valence-corrected chi connectivity index (χ1v) is 6.28. The zero-order valence-corrected chi connectivity index (χ0v) is 11.7. The predicted octanol–water partition coefficient (Wildman–Crippen LogP) is 1.23. The number of carbonyl (C=O) groups is 1. The van der Waals surface area contributed by atoms with Crippen LogP contribution in [-0.4, -0.2) is 43.5 Å². The number of amides is 1. The number of halogens is 1. The molecule has 0 aromatic heterocycles. The largest absolute Gasteiger partial charge is 0.479 e. The highest BCUT2D eigenvalue weighted by molar-refractivity contribution is 6.32. The molecular weight excluding hydrogens is 270 g/mol. The minimum Gasteiger partial charge on any atom is -0.479 e. The molecule has 19 heavy (non-hydrogen) atoms. The van der Waals surface area contributed by atoms with Crippen molar-refractivity contribution in [2.24, 2.45) is 0 Å². The molecule has 106 valence electrons. The van der Waals surface area contributed by atoms with Crippen LogP contribution in [0, 0.1) is 0 Å². The standard InChI is InChI=1S/C13H18ClNO4/c1-9(13(17)15-7-10(16)8-18-2)19-12-6-4-3-5-11(12)14/h3-6,9-10,16H,7-8H2,1-2H3,(H,15,17). The number of hydrogen-bond donors (Lipinski definition) is 2. The molecule has 0 aliphatic carbocycles. The van der Waals surface area contributed by atoms with Crippen molar-refractivity contribution < 1.29 is 19.4 Å². The summed E-state index contributed by atoms with van der Waals surface area (Å²) in [5, 5.41) is 12.4. The first kappa shape index (κ1) is 15.8. The molecule has 1 aromatic carbocycles. The molecule has 0 aliphatic heterocycles. The molecule has 0 fully saturated rings. The summed E-state index contributed by atoms with van der Waals surface area (Å²) in [4.78, 5) is 11.7. The van der Waals surface area contributed by atoms with E-state index in [0.29, 0.717) is 10.8 Å². The van der Waals surface area contributed by atoms with E-state index >= 15 is 0 Å². The van der Waals surface area contributed by atoms with Gasteiger partial charge in [-0.2, -0.15) is 0 Å². The molecule has 0 saturated carbocycles. The van der Waals surface area contributed by atoms with Gasteiger partial charge in [0, 0.05) is 13.7 Å². The summed E-state index contributed by atoms with van der Waals surface area (Å²) >= 11 is 5.93. The molecule has 1 rings (SSSR count). The van der Waals surface area contributed by atoms with Gasteiger partial charge in [0.25, 0.3) is 5.91 Å². The maximum absolute atomic E-state index is 11.7. The monoisotopic (exact) mass is 287 g/mol. The second-order valence-corrected chi connectivity index (χ2v) is 4.45. The molecule has 6 heteroatoms. The second kappa shape index (κ2) is 7.99. The minimum atomic E-state index is -0.735. The van der Waals surface area contributed by atoms with Crippen LogP contribution in [0.2, 0.25) is 5.02 Å². The maximum Gasteiger partial charge on any atom is 0.260 e. The van der Waals surface area contributed by atoms with Crippen LogP contribution in [0.5, 0.6) is 5.75 Å². The van der Waals surface area contributed by atoms with Crippen LogP contribution in [-0.2, 0) is 9.53 Å². The molecule has 2 unspecified atom stereocenters. The molecule has 2 N–H and O–H groups in total. The predicted molar refractivity (Wildman–Crippen MR) is 72.4 cm³/mol. The lowest BCUT2D eigenvalue weighted by Gasteiger charge is -2.17. The summed E-state index contributed by atoms with van der Waals surface area (Å²) in [5.74, 6) is 0.124. The lowest BCUT2D eigenvalue weighted by Crippen LogP contribution is -2.41. The highest BCUT2D eigenvalue weighted by Crippen LogP contribution is 2.24. The van der Waals surface area contributed by atoms with E-state index in [0.717, 1.165) is 0 Å².